The molecule has 2 aromatic carbocycles. The van der Waals surface area contributed by atoms with Gasteiger partial charge in [-0.2, -0.15) is 0 Å². The molecule has 1 N–H and O–H groups in total. The second-order valence-electron chi connectivity index (χ2n) is 7.78. The minimum Gasteiger partial charge on any atom is -0.460 e. The maximum Gasteiger partial charge on any atom is 0.317 e. The SMILES string of the molecule is CCNC(=O)N1CCCN(Cc2cc3cc(-c4ccc(C)cc4)ccc3o2)CC1. The summed E-state index contributed by atoms with van der Waals surface area (Å²) in [5, 5.41) is 4.03. The Morgan fingerprint density at radius 1 is 1.00 bits per heavy atom. The van der Waals surface area contributed by atoms with Crippen molar-refractivity contribution in [1.82, 2.24) is 15.1 Å². The van der Waals surface area contributed by atoms with Crippen molar-refractivity contribution in [2.45, 2.75) is 26.8 Å². The lowest BCUT2D eigenvalue weighted by Crippen LogP contribution is -2.41. The summed E-state index contributed by atoms with van der Waals surface area (Å²) in [7, 11) is 0. The maximum atomic E-state index is 12.1. The van der Waals surface area contributed by atoms with E-state index < -0.39 is 0 Å². The Morgan fingerprint density at radius 3 is 2.59 bits per heavy atom. The summed E-state index contributed by atoms with van der Waals surface area (Å²) in [6, 6.07) is 17.2. The Bertz CT molecular complexity index is 977. The fourth-order valence-corrected chi connectivity index (χ4v) is 3.92. The summed E-state index contributed by atoms with van der Waals surface area (Å²) in [4.78, 5) is 16.4. The second kappa shape index (κ2) is 8.70. The predicted octanol–water partition coefficient (Wildman–Crippen LogP) is 4.65. The highest BCUT2D eigenvalue weighted by molar-refractivity contribution is 5.84. The Balaban J connectivity index is 1.44. The highest BCUT2D eigenvalue weighted by Gasteiger charge is 2.19. The molecule has 0 spiro atoms. The van der Waals surface area contributed by atoms with Gasteiger partial charge in [0.05, 0.1) is 6.54 Å². The van der Waals surface area contributed by atoms with Crippen molar-refractivity contribution < 1.29 is 9.21 Å². The van der Waals surface area contributed by atoms with E-state index in [1.807, 2.05) is 11.8 Å². The van der Waals surface area contributed by atoms with Crippen molar-refractivity contribution in [3.63, 3.8) is 0 Å². The molecule has 0 unspecified atom stereocenters. The monoisotopic (exact) mass is 391 g/mol. The predicted molar refractivity (Wildman–Crippen MR) is 117 cm³/mol. The van der Waals surface area contributed by atoms with Crippen LogP contribution in [-0.2, 0) is 6.54 Å². The van der Waals surface area contributed by atoms with Crippen LogP contribution in [0.25, 0.3) is 22.1 Å². The summed E-state index contributed by atoms with van der Waals surface area (Å²) >= 11 is 0. The van der Waals surface area contributed by atoms with Crippen molar-refractivity contribution in [2.75, 3.05) is 32.7 Å². The molecular formula is C24H29N3O2. The van der Waals surface area contributed by atoms with E-state index in [0.717, 1.165) is 55.9 Å². The number of carbonyl (C=O) groups excluding carboxylic acids is 1. The van der Waals surface area contributed by atoms with Gasteiger partial charge in [-0.15, -0.1) is 0 Å². The molecule has 5 nitrogen and oxygen atoms in total. The molecule has 1 aliphatic heterocycles. The van der Waals surface area contributed by atoms with Crippen LogP contribution in [0.3, 0.4) is 0 Å². The lowest BCUT2D eigenvalue weighted by Gasteiger charge is -2.21. The van der Waals surface area contributed by atoms with Crippen molar-refractivity contribution >= 4 is 17.0 Å². The number of nitrogens with zero attached hydrogens (tertiary/aromatic N) is 2. The largest absolute Gasteiger partial charge is 0.460 e. The average molecular weight is 392 g/mol. The first kappa shape index (κ1) is 19.5. The molecule has 2 heterocycles. The van der Waals surface area contributed by atoms with Gasteiger partial charge in [0.1, 0.15) is 11.3 Å². The zero-order valence-corrected chi connectivity index (χ0v) is 17.3. The summed E-state index contributed by atoms with van der Waals surface area (Å²) in [6.07, 6.45) is 0.981. The molecule has 152 valence electrons. The van der Waals surface area contributed by atoms with E-state index in [1.54, 1.807) is 0 Å². The van der Waals surface area contributed by atoms with Crippen LogP contribution in [0, 0.1) is 6.92 Å². The molecule has 0 aliphatic carbocycles. The van der Waals surface area contributed by atoms with E-state index in [2.05, 4.69) is 65.7 Å². The number of hydrogen-bond acceptors (Lipinski definition) is 3. The molecule has 0 atom stereocenters. The van der Waals surface area contributed by atoms with Gasteiger partial charge >= 0.3 is 6.03 Å². The standard InChI is InChI=1S/C24H29N3O2/c1-3-25-24(28)27-12-4-11-26(13-14-27)17-22-16-21-15-20(9-10-23(21)29-22)19-7-5-18(2)6-8-19/h5-10,15-16H,3-4,11-14,17H2,1-2H3,(H,25,28). The molecule has 2 amide bonds. The van der Waals surface area contributed by atoms with Gasteiger partial charge < -0.3 is 14.6 Å². The van der Waals surface area contributed by atoms with Crippen LogP contribution in [0.15, 0.2) is 52.9 Å². The van der Waals surface area contributed by atoms with Gasteiger partial charge in [-0.1, -0.05) is 35.9 Å². The normalized spacial score (nSPS) is 15.4. The number of urea groups is 1. The van der Waals surface area contributed by atoms with Crippen molar-refractivity contribution in [3.8, 4) is 11.1 Å². The molecule has 1 aromatic heterocycles. The number of furan rings is 1. The second-order valence-corrected chi connectivity index (χ2v) is 7.78. The molecule has 5 heteroatoms. The molecular weight excluding hydrogens is 362 g/mol. The van der Waals surface area contributed by atoms with Gasteiger partial charge in [0, 0.05) is 38.1 Å². The molecule has 3 aromatic rings. The Hall–Kier alpha value is -2.79. The first-order valence-corrected chi connectivity index (χ1v) is 10.5. The number of aryl methyl sites for hydroxylation is 1. The van der Waals surface area contributed by atoms with Gasteiger partial charge in [0.25, 0.3) is 0 Å². The minimum atomic E-state index is 0.0433. The zero-order valence-electron chi connectivity index (χ0n) is 17.3. The van der Waals surface area contributed by atoms with Gasteiger partial charge in [-0.3, -0.25) is 4.90 Å². The number of carbonyl (C=O) groups is 1. The highest BCUT2D eigenvalue weighted by Crippen LogP contribution is 2.27. The highest BCUT2D eigenvalue weighted by atomic mass is 16.3. The summed E-state index contributed by atoms with van der Waals surface area (Å²) in [5.41, 5.74) is 4.62. The first-order valence-electron chi connectivity index (χ1n) is 10.5. The van der Waals surface area contributed by atoms with Crippen LogP contribution in [0.1, 0.15) is 24.7 Å². The van der Waals surface area contributed by atoms with Gasteiger partial charge in [-0.25, -0.2) is 4.79 Å². The van der Waals surface area contributed by atoms with Crippen LogP contribution in [0.2, 0.25) is 0 Å². The molecule has 1 fully saturated rings. The first-order chi connectivity index (χ1) is 14.1. The number of hydrogen-bond donors (Lipinski definition) is 1. The molecule has 0 radical (unpaired) electrons. The quantitative estimate of drug-likeness (QED) is 0.704. The number of amides is 2. The molecule has 0 bridgehead atoms. The van der Waals surface area contributed by atoms with Crippen LogP contribution in [0.4, 0.5) is 4.79 Å². The topological polar surface area (TPSA) is 48.7 Å². The number of fused-ring (bicyclic) bond motifs is 1. The molecule has 4 rings (SSSR count). The van der Waals surface area contributed by atoms with Crippen LogP contribution in [-0.4, -0.2) is 48.6 Å². The number of rotatable bonds is 4. The fraction of sp³-hybridized carbons (Fsp3) is 0.375. The van der Waals surface area contributed by atoms with Crippen LogP contribution < -0.4 is 5.32 Å². The zero-order chi connectivity index (χ0) is 20.2. The summed E-state index contributed by atoms with van der Waals surface area (Å²) < 4.78 is 6.10. The summed E-state index contributed by atoms with van der Waals surface area (Å²) in [6.45, 7) is 8.90. The smallest absolute Gasteiger partial charge is 0.317 e. The van der Waals surface area contributed by atoms with E-state index in [0.29, 0.717) is 6.54 Å². The third-order valence-electron chi connectivity index (χ3n) is 5.54. The molecule has 0 saturated carbocycles. The number of benzene rings is 2. The van der Waals surface area contributed by atoms with Crippen LogP contribution in [0.5, 0.6) is 0 Å². The van der Waals surface area contributed by atoms with Crippen molar-refractivity contribution in [2.24, 2.45) is 0 Å². The van der Waals surface area contributed by atoms with E-state index in [4.69, 9.17) is 4.42 Å². The lowest BCUT2D eigenvalue weighted by atomic mass is 10.0. The molecule has 1 aliphatic rings. The van der Waals surface area contributed by atoms with Gasteiger partial charge in [0.2, 0.25) is 0 Å². The molecule has 29 heavy (non-hydrogen) atoms. The molecule has 1 saturated heterocycles. The Labute approximate surface area is 172 Å². The average Bonchev–Trinajstić information content (AvgIpc) is 2.97. The van der Waals surface area contributed by atoms with E-state index in [9.17, 15) is 4.79 Å². The van der Waals surface area contributed by atoms with Crippen molar-refractivity contribution in [3.05, 3.63) is 59.9 Å². The minimum absolute atomic E-state index is 0.0433. The lowest BCUT2D eigenvalue weighted by molar-refractivity contribution is 0.197. The Kier molecular flexibility index (Phi) is 5.86. The Morgan fingerprint density at radius 2 is 1.79 bits per heavy atom. The van der Waals surface area contributed by atoms with E-state index in [1.165, 1.54) is 16.7 Å². The fourth-order valence-electron chi connectivity index (χ4n) is 3.92. The third-order valence-corrected chi connectivity index (χ3v) is 5.54. The van der Waals surface area contributed by atoms with Gasteiger partial charge in [-0.05, 0) is 49.6 Å². The number of nitrogens with one attached hydrogen (secondary N) is 1. The van der Waals surface area contributed by atoms with Gasteiger partial charge in [0.15, 0.2) is 0 Å². The van der Waals surface area contributed by atoms with E-state index in [-0.39, 0.29) is 6.03 Å². The van der Waals surface area contributed by atoms with E-state index >= 15 is 0 Å². The van der Waals surface area contributed by atoms with Crippen LogP contribution >= 0.6 is 0 Å². The van der Waals surface area contributed by atoms with Crippen molar-refractivity contribution in [1.29, 1.82) is 0 Å². The third kappa shape index (κ3) is 4.62. The summed E-state index contributed by atoms with van der Waals surface area (Å²) in [5.74, 6) is 0.979. The maximum absolute atomic E-state index is 12.1.